The molecule has 0 aliphatic heterocycles. The average Bonchev–Trinajstić information content (AvgIpc) is 2.96. The highest BCUT2D eigenvalue weighted by atomic mass is 32.1. The van der Waals surface area contributed by atoms with Crippen LogP contribution in [-0.2, 0) is 13.0 Å². The molecule has 0 aliphatic carbocycles. The third-order valence-electron chi connectivity index (χ3n) is 3.18. The molecule has 118 valence electrons. The molecule has 2 N–H and O–H groups in total. The fraction of sp³-hybridized carbons (Fsp3) is 0.375. The zero-order chi connectivity index (χ0) is 15.8. The van der Waals surface area contributed by atoms with Crippen LogP contribution in [0, 0.1) is 6.92 Å². The monoisotopic (exact) mass is 318 g/mol. The van der Waals surface area contributed by atoms with Gasteiger partial charge in [0.1, 0.15) is 10.8 Å². The van der Waals surface area contributed by atoms with Gasteiger partial charge in [-0.05, 0) is 25.0 Å². The van der Waals surface area contributed by atoms with Crippen molar-refractivity contribution in [2.24, 2.45) is 4.99 Å². The summed E-state index contributed by atoms with van der Waals surface area (Å²) < 4.78 is 5.36. The van der Waals surface area contributed by atoms with Gasteiger partial charge in [0.25, 0.3) is 0 Å². The van der Waals surface area contributed by atoms with Gasteiger partial charge in [-0.1, -0.05) is 18.2 Å². The van der Waals surface area contributed by atoms with Crippen LogP contribution in [0.4, 0.5) is 0 Å². The maximum Gasteiger partial charge on any atom is 0.191 e. The molecule has 5 nitrogen and oxygen atoms in total. The van der Waals surface area contributed by atoms with Gasteiger partial charge in [-0.15, -0.1) is 11.3 Å². The Balaban J connectivity index is 1.79. The molecule has 0 aliphatic rings. The highest BCUT2D eigenvalue weighted by Gasteiger charge is 2.04. The standard InChI is InChI=1S/C16H22N4OS/c1-12-10-19-15(22-12)11-20-16(17-2)18-9-8-13-6-4-5-7-14(13)21-3/h4-7,10H,8-9,11H2,1-3H3,(H2,17,18,20). The number of ether oxygens (including phenoxy) is 1. The van der Waals surface area contributed by atoms with E-state index < -0.39 is 0 Å². The van der Waals surface area contributed by atoms with Crippen molar-refractivity contribution >= 4 is 17.3 Å². The van der Waals surface area contributed by atoms with Crippen molar-refractivity contribution in [1.29, 1.82) is 0 Å². The maximum atomic E-state index is 5.36. The summed E-state index contributed by atoms with van der Waals surface area (Å²) in [7, 11) is 3.47. The number of benzene rings is 1. The van der Waals surface area contributed by atoms with Gasteiger partial charge in [0.15, 0.2) is 5.96 Å². The molecule has 2 rings (SSSR count). The summed E-state index contributed by atoms with van der Waals surface area (Å²) in [5, 5.41) is 7.64. The summed E-state index contributed by atoms with van der Waals surface area (Å²) >= 11 is 1.69. The van der Waals surface area contributed by atoms with Crippen molar-refractivity contribution in [3.8, 4) is 5.75 Å². The number of para-hydroxylation sites is 1. The Morgan fingerprint density at radius 3 is 2.82 bits per heavy atom. The van der Waals surface area contributed by atoms with Gasteiger partial charge in [0.05, 0.1) is 13.7 Å². The first-order valence-corrected chi connectivity index (χ1v) is 8.02. The number of aliphatic imine (C=N–C) groups is 1. The van der Waals surface area contributed by atoms with Crippen LogP contribution in [-0.4, -0.2) is 31.6 Å². The number of rotatable bonds is 6. The summed E-state index contributed by atoms with van der Waals surface area (Å²) in [5.41, 5.74) is 1.18. The Bertz CT molecular complexity index is 624. The number of nitrogens with one attached hydrogen (secondary N) is 2. The number of hydrogen-bond donors (Lipinski definition) is 2. The molecule has 0 atom stereocenters. The average molecular weight is 318 g/mol. The molecular formula is C16H22N4OS. The largest absolute Gasteiger partial charge is 0.496 e. The van der Waals surface area contributed by atoms with Crippen molar-refractivity contribution in [2.75, 3.05) is 20.7 Å². The fourth-order valence-electron chi connectivity index (χ4n) is 2.09. The van der Waals surface area contributed by atoms with E-state index in [2.05, 4.69) is 33.6 Å². The minimum atomic E-state index is 0.687. The van der Waals surface area contributed by atoms with Crippen LogP contribution in [0.5, 0.6) is 5.75 Å². The van der Waals surface area contributed by atoms with Crippen LogP contribution in [0.25, 0.3) is 0 Å². The number of nitrogens with zero attached hydrogens (tertiary/aromatic N) is 2. The van der Waals surface area contributed by atoms with E-state index >= 15 is 0 Å². The molecule has 1 aromatic carbocycles. The SMILES string of the molecule is CN=C(NCCc1ccccc1OC)NCc1ncc(C)s1. The van der Waals surface area contributed by atoms with E-state index in [4.69, 9.17) is 4.74 Å². The fourth-order valence-corrected chi connectivity index (χ4v) is 2.82. The van der Waals surface area contributed by atoms with E-state index in [1.807, 2.05) is 24.4 Å². The molecule has 0 amide bonds. The smallest absolute Gasteiger partial charge is 0.191 e. The minimum Gasteiger partial charge on any atom is -0.496 e. The van der Waals surface area contributed by atoms with E-state index in [1.165, 1.54) is 10.4 Å². The first-order chi connectivity index (χ1) is 10.7. The lowest BCUT2D eigenvalue weighted by Gasteiger charge is -2.12. The molecule has 0 unspecified atom stereocenters. The second kappa shape index (κ2) is 8.38. The molecule has 6 heteroatoms. The molecule has 0 radical (unpaired) electrons. The van der Waals surface area contributed by atoms with E-state index in [9.17, 15) is 0 Å². The Kier molecular flexibility index (Phi) is 6.21. The molecule has 1 aromatic heterocycles. The van der Waals surface area contributed by atoms with Gasteiger partial charge in [-0.2, -0.15) is 0 Å². The van der Waals surface area contributed by atoms with Crippen LogP contribution in [0.15, 0.2) is 35.5 Å². The molecule has 22 heavy (non-hydrogen) atoms. The quantitative estimate of drug-likeness (QED) is 0.634. The Labute approximate surface area is 135 Å². The number of hydrogen-bond acceptors (Lipinski definition) is 4. The summed E-state index contributed by atoms with van der Waals surface area (Å²) in [6.07, 6.45) is 2.76. The Hall–Kier alpha value is -2.08. The zero-order valence-electron chi connectivity index (χ0n) is 13.2. The Morgan fingerprint density at radius 1 is 1.32 bits per heavy atom. The van der Waals surface area contributed by atoms with Crippen molar-refractivity contribution < 1.29 is 4.74 Å². The van der Waals surface area contributed by atoms with Gasteiger partial charge in [-0.25, -0.2) is 4.98 Å². The third kappa shape index (κ3) is 4.73. The van der Waals surface area contributed by atoms with E-state index in [1.54, 1.807) is 25.5 Å². The second-order valence-corrected chi connectivity index (χ2v) is 6.10. The molecule has 2 aromatic rings. The summed E-state index contributed by atoms with van der Waals surface area (Å²) in [6.45, 7) is 3.53. The zero-order valence-corrected chi connectivity index (χ0v) is 14.0. The Morgan fingerprint density at radius 2 is 2.14 bits per heavy atom. The molecule has 0 saturated heterocycles. The highest BCUT2D eigenvalue weighted by Crippen LogP contribution is 2.17. The van der Waals surface area contributed by atoms with Crippen molar-refractivity contribution in [3.05, 3.63) is 45.9 Å². The predicted molar refractivity (Wildman–Crippen MR) is 91.8 cm³/mol. The molecule has 0 bridgehead atoms. The lowest BCUT2D eigenvalue weighted by atomic mass is 10.1. The van der Waals surface area contributed by atoms with Crippen LogP contribution in [0.2, 0.25) is 0 Å². The molecule has 0 fully saturated rings. The topological polar surface area (TPSA) is 58.5 Å². The minimum absolute atomic E-state index is 0.687. The second-order valence-electron chi connectivity index (χ2n) is 4.78. The van der Waals surface area contributed by atoms with Gasteiger partial charge in [0.2, 0.25) is 0 Å². The third-order valence-corrected chi connectivity index (χ3v) is 4.09. The first-order valence-electron chi connectivity index (χ1n) is 7.20. The number of thiazole rings is 1. The van der Waals surface area contributed by atoms with Gasteiger partial charge in [-0.3, -0.25) is 4.99 Å². The van der Waals surface area contributed by atoms with Crippen LogP contribution in [0.3, 0.4) is 0 Å². The molecule has 0 saturated carbocycles. The summed E-state index contributed by atoms with van der Waals surface area (Å²) in [5.74, 6) is 1.70. The summed E-state index contributed by atoms with van der Waals surface area (Å²) in [6, 6.07) is 8.06. The molecular weight excluding hydrogens is 296 g/mol. The number of methoxy groups -OCH3 is 1. The van der Waals surface area contributed by atoms with Crippen LogP contribution < -0.4 is 15.4 Å². The van der Waals surface area contributed by atoms with E-state index in [0.29, 0.717) is 6.54 Å². The lowest BCUT2D eigenvalue weighted by molar-refractivity contribution is 0.409. The number of aromatic nitrogens is 1. The first kappa shape index (κ1) is 16.3. The molecule has 0 spiro atoms. The van der Waals surface area contributed by atoms with Gasteiger partial charge < -0.3 is 15.4 Å². The maximum absolute atomic E-state index is 5.36. The van der Waals surface area contributed by atoms with Crippen molar-refractivity contribution in [3.63, 3.8) is 0 Å². The van der Waals surface area contributed by atoms with Crippen molar-refractivity contribution in [1.82, 2.24) is 15.6 Å². The van der Waals surface area contributed by atoms with Gasteiger partial charge >= 0.3 is 0 Å². The van der Waals surface area contributed by atoms with E-state index in [-0.39, 0.29) is 0 Å². The van der Waals surface area contributed by atoms with Gasteiger partial charge in [0, 0.05) is 24.7 Å². The highest BCUT2D eigenvalue weighted by molar-refractivity contribution is 7.11. The predicted octanol–water partition coefficient (Wildman–Crippen LogP) is 2.37. The number of guanidine groups is 1. The van der Waals surface area contributed by atoms with Crippen LogP contribution in [0.1, 0.15) is 15.4 Å². The number of aryl methyl sites for hydroxylation is 1. The lowest BCUT2D eigenvalue weighted by Crippen LogP contribution is -2.37. The summed E-state index contributed by atoms with van der Waals surface area (Å²) in [4.78, 5) is 9.77. The van der Waals surface area contributed by atoms with Crippen LogP contribution >= 0.6 is 11.3 Å². The molecule has 1 heterocycles. The van der Waals surface area contributed by atoms with E-state index in [0.717, 1.165) is 29.7 Å². The van der Waals surface area contributed by atoms with Crippen molar-refractivity contribution in [2.45, 2.75) is 19.9 Å². The normalized spacial score (nSPS) is 11.3.